The maximum Gasteiger partial charge on any atom is 0.0294 e. The lowest BCUT2D eigenvalue weighted by Crippen LogP contribution is -2.46. The predicted octanol–water partition coefficient (Wildman–Crippen LogP) is 3.89. The van der Waals surface area contributed by atoms with E-state index in [0.29, 0.717) is 0 Å². The fourth-order valence-electron chi connectivity index (χ4n) is 2.61. The summed E-state index contributed by atoms with van der Waals surface area (Å²) in [6.07, 6.45) is 2.60. The highest BCUT2D eigenvalue weighted by Gasteiger charge is 2.28. The van der Waals surface area contributed by atoms with Crippen molar-refractivity contribution < 1.29 is 0 Å². The molecule has 1 nitrogen and oxygen atoms in total. The van der Waals surface area contributed by atoms with Gasteiger partial charge >= 0.3 is 0 Å². The van der Waals surface area contributed by atoms with Crippen LogP contribution in [0.1, 0.15) is 40.5 Å². The summed E-state index contributed by atoms with van der Waals surface area (Å²) in [5, 5.41) is 4.64. The summed E-state index contributed by atoms with van der Waals surface area (Å²) < 4.78 is 0. The fourth-order valence-corrected chi connectivity index (χ4v) is 5.62. The second kappa shape index (κ2) is 8.71. The molecule has 1 saturated heterocycles. The molecule has 1 N–H and O–H groups in total. The van der Waals surface area contributed by atoms with E-state index in [1.165, 1.54) is 36.6 Å². The van der Waals surface area contributed by atoms with Gasteiger partial charge in [0.05, 0.1) is 0 Å². The molecule has 1 fully saturated rings. The Balaban J connectivity index is 2.50. The Hall–Kier alpha value is 0.660. The second-order valence-electron chi connectivity index (χ2n) is 5.57. The normalized spacial score (nSPS) is 24.9. The van der Waals surface area contributed by atoms with Gasteiger partial charge in [0.2, 0.25) is 0 Å². The molecule has 0 aromatic heterocycles. The minimum Gasteiger partial charge on any atom is -0.313 e. The Kier molecular flexibility index (Phi) is 8.05. The monoisotopic (exact) mass is 275 g/mol. The molecule has 1 heterocycles. The van der Waals surface area contributed by atoms with Gasteiger partial charge in [-0.2, -0.15) is 23.5 Å². The van der Waals surface area contributed by atoms with Crippen molar-refractivity contribution in [2.24, 2.45) is 11.8 Å². The average molecular weight is 276 g/mol. The van der Waals surface area contributed by atoms with Crippen LogP contribution in [0.15, 0.2) is 0 Å². The van der Waals surface area contributed by atoms with Crippen LogP contribution in [0.2, 0.25) is 0 Å². The Bertz CT molecular complexity index is 191. The molecule has 102 valence electrons. The van der Waals surface area contributed by atoms with Crippen LogP contribution < -0.4 is 5.32 Å². The van der Waals surface area contributed by atoms with Gasteiger partial charge in [-0.15, -0.1) is 0 Å². The predicted molar refractivity (Wildman–Crippen MR) is 84.3 cm³/mol. The quantitative estimate of drug-likeness (QED) is 0.757. The number of nitrogens with one attached hydrogen (secondary N) is 1. The molecule has 1 aliphatic rings. The van der Waals surface area contributed by atoms with Gasteiger partial charge < -0.3 is 5.32 Å². The molecule has 1 rings (SSSR count). The Morgan fingerprint density at radius 1 is 1.24 bits per heavy atom. The Morgan fingerprint density at radius 2 is 2.00 bits per heavy atom. The van der Waals surface area contributed by atoms with E-state index in [0.717, 1.165) is 23.1 Å². The third-order valence-electron chi connectivity index (χ3n) is 3.33. The molecule has 0 spiro atoms. The van der Waals surface area contributed by atoms with E-state index in [2.05, 4.69) is 56.5 Å². The van der Waals surface area contributed by atoms with Crippen molar-refractivity contribution in [2.45, 2.75) is 51.8 Å². The first-order chi connectivity index (χ1) is 8.15. The zero-order chi connectivity index (χ0) is 12.7. The first kappa shape index (κ1) is 15.7. The van der Waals surface area contributed by atoms with Crippen molar-refractivity contribution in [3.05, 3.63) is 0 Å². The van der Waals surface area contributed by atoms with E-state index < -0.39 is 0 Å². The van der Waals surface area contributed by atoms with E-state index in [9.17, 15) is 0 Å². The Labute approximate surface area is 116 Å². The smallest absolute Gasteiger partial charge is 0.0294 e. The lowest BCUT2D eigenvalue weighted by molar-refractivity contribution is 0.322. The van der Waals surface area contributed by atoms with Crippen molar-refractivity contribution in [2.75, 3.05) is 23.8 Å². The molecule has 1 aliphatic heterocycles. The summed E-state index contributed by atoms with van der Waals surface area (Å²) in [5.74, 6) is 5.65. The SMILES string of the molecule is CCCNC(C(C)CC(C)C)C1CSCCS1. The Morgan fingerprint density at radius 3 is 2.53 bits per heavy atom. The molecule has 3 heteroatoms. The highest BCUT2D eigenvalue weighted by atomic mass is 32.2. The van der Waals surface area contributed by atoms with Crippen LogP contribution in [0, 0.1) is 11.8 Å². The summed E-state index contributed by atoms with van der Waals surface area (Å²) in [7, 11) is 0. The van der Waals surface area contributed by atoms with Gasteiger partial charge in [-0.1, -0.05) is 27.7 Å². The summed E-state index contributed by atoms with van der Waals surface area (Å²) in [5.41, 5.74) is 0. The van der Waals surface area contributed by atoms with Crippen molar-refractivity contribution in [3.63, 3.8) is 0 Å². The summed E-state index contributed by atoms with van der Waals surface area (Å²) in [6.45, 7) is 10.6. The fraction of sp³-hybridized carbons (Fsp3) is 1.00. The summed E-state index contributed by atoms with van der Waals surface area (Å²) in [6, 6.07) is 0.718. The maximum absolute atomic E-state index is 3.81. The average Bonchev–Trinajstić information content (AvgIpc) is 2.30. The van der Waals surface area contributed by atoms with Crippen LogP contribution in [-0.2, 0) is 0 Å². The standard InChI is InChI=1S/C14H29NS2/c1-5-6-15-14(12(4)9-11(2)3)13-10-16-7-8-17-13/h11-15H,5-10H2,1-4H3. The highest BCUT2D eigenvalue weighted by Crippen LogP contribution is 2.31. The third kappa shape index (κ3) is 5.89. The van der Waals surface area contributed by atoms with Gasteiger partial charge in [0.1, 0.15) is 0 Å². The van der Waals surface area contributed by atoms with Gasteiger partial charge in [-0.3, -0.25) is 0 Å². The van der Waals surface area contributed by atoms with Gasteiger partial charge in [-0.05, 0) is 31.2 Å². The van der Waals surface area contributed by atoms with Crippen molar-refractivity contribution >= 4 is 23.5 Å². The third-order valence-corrected chi connectivity index (χ3v) is 6.21. The molecular weight excluding hydrogens is 246 g/mol. The van der Waals surface area contributed by atoms with Crippen molar-refractivity contribution in [1.82, 2.24) is 5.32 Å². The molecular formula is C14H29NS2. The molecule has 17 heavy (non-hydrogen) atoms. The molecule has 3 unspecified atom stereocenters. The number of rotatable bonds is 7. The van der Waals surface area contributed by atoms with Crippen molar-refractivity contribution in [1.29, 1.82) is 0 Å². The first-order valence-electron chi connectivity index (χ1n) is 7.07. The molecule has 0 aromatic rings. The van der Waals surface area contributed by atoms with Gasteiger partial charge in [0.25, 0.3) is 0 Å². The molecule has 3 atom stereocenters. The summed E-state index contributed by atoms with van der Waals surface area (Å²) in [4.78, 5) is 0. The second-order valence-corrected chi connectivity index (χ2v) is 8.07. The van der Waals surface area contributed by atoms with E-state index in [-0.39, 0.29) is 0 Å². The lowest BCUT2D eigenvalue weighted by atomic mass is 9.90. The largest absolute Gasteiger partial charge is 0.313 e. The van der Waals surface area contributed by atoms with Crippen LogP contribution in [0.5, 0.6) is 0 Å². The number of hydrogen-bond donors (Lipinski definition) is 1. The maximum atomic E-state index is 3.81. The van der Waals surface area contributed by atoms with E-state index in [1.807, 2.05) is 0 Å². The molecule has 0 aliphatic carbocycles. The van der Waals surface area contributed by atoms with Crippen LogP contribution in [0.25, 0.3) is 0 Å². The topological polar surface area (TPSA) is 12.0 Å². The number of hydrogen-bond acceptors (Lipinski definition) is 3. The minimum atomic E-state index is 0.718. The van der Waals surface area contributed by atoms with Crippen LogP contribution in [-0.4, -0.2) is 35.1 Å². The van der Waals surface area contributed by atoms with Crippen molar-refractivity contribution in [3.8, 4) is 0 Å². The summed E-state index contributed by atoms with van der Waals surface area (Å²) >= 11 is 4.33. The van der Waals surface area contributed by atoms with Gasteiger partial charge in [0, 0.05) is 28.6 Å². The van der Waals surface area contributed by atoms with Gasteiger partial charge in [-0.25, -0.2) is 0 Å². The minimum absolute atomic E-state index is 0.718. The zero-order valence-electron chi connectivity index (χ0n) is 11.9. The first-order valence-corrected chi connectivity index (χ1v) is 9.28. The molecule has 0 aromatic carbocycles. The molecule has 0 amide bonds. The molecule has 0 saturated carbocycles. The zero-order valence-corrected chi connectivity index (χ0v) is 13.5. The lowest BCUT2D eigenvalue weighted by Gasteiger charge is -2.35. The molecule has 0 bridgehead atoms. The van der Waals surface area contributed by atoms with Crippen LogP contribution in [0.3, 0.4) is 0 Å². The van der Waals surface area contributed by atoms with E-state index in [1.54, 1.807) is 0 Å². The number of thioether (sulfide) groups is 2. The van der Waals surface area contributed by atoms with Gasteiger partial charge in [0.15, 0.2) is 0 Å². The van der Waals surface area contributed by atoms with Crippen LogP contribution >= 0.6 is 23.5 Å². The molecule has 0 radical (unpaired) electrons. The van der Waals surface area contributed by atoms with E-state index >= 15 is 0 Å². The highest BCUT2D eigenvalue weighted by molar-refractivity contribution is 8.06. The van der Waals surface area contributed by atoms with Crippen LogP contribution in [0.4, 0.5) is 0 Å². The van der Waals surface area contributed by atoms with E-state index in [4.69, 9.17) is 0 Å².